The number of rotatable bonds is 0. The van der Waals surface area contributed by atoms with Gasteiger partial charge in [-0.1, -0.05) is 0 Å². The Bertz CT molecular complexity index is 745. The Labute approximate surface area is 124 Å². The summed E-state index contributed by atoms with van der Waals surface area (Å²) in [5.74, 6) is 0.899. The molecular formula is C17H19N3O. The Morgan fingerprint density at radius 3 is 3.00 bits per heavy atom. The number of aryl methyl sites for hydroxylation is 1. The fourth-order valence-electron chi connectivity index (χ4n) is 3.36. The van der Waals surface area contributed by atoms with Gasteiger partial charge in [-0.2, -0.15) is 0 Å². The summed E-state index contributed by atoms with van der Waals surface area (Å²) in [6.45, 7) is 5.13. The number of hydrogen-bond donors (Lipinski definition) is 1. The Morgan fingerprint density at radius 1 is 1.29 bits per heavy atom. The molecule has 2 aliphatic heterocycles. The van der Waals surface area contributed by atoms with Crippen molar-refractivity contribution in [2.75, 3.05) is 6.54 Å². The van der Waals surface area contributed by atoms with Gasteiger partial charge in [0.05, 0.1) is 5.71 Å². The predicted molar refractivity (Wildman–Crippen MR) is 84.5 cm³/mol. The predicted octanol–water partition coefficient (Wildman–Crippen LogP) is 3.50. The lowest BCUT2D eigenvalue weighted by atomic mass is 9.94. The van der Waals surface area contributed by atoms with E-state index in [0.29, 0.717) is 0 Å². The highest BCUT2D eigenvalue weighted by Gasteiger charge is 2.41. The average Bonchev–Trinajstić information content (AvgIpc) is 2.51. The van der Waals surface area contributed by atoms with Gasteiger partial charge in [0, 0.05) is 24.2 Å². The average molecular weight is 281 g/mol. The van der Waals surface area contributed by atoms with E-state index < -0.39 is 5.72 Å². The highest BCUT2D eigenvalue weighted by Crippen LogP contribution is 2.44. The molecule has 4 rings (SSSR count). The Kier molecular flexibility index (Phi) is 2.76. The SMILES string of the molecule is CC1=Nc2c(c(C)cc3ccncc23)OC12CCCCN2. The zero-order valence-corrected chi connectivity index (χ0v) is 12.4. The molecule has 2 aliphatic rings. The van der Waals surface area contributed by atoms with Crippen molar-refractivity contribution in [3.8, 4) is 5.75 Å². The van der Waals surface area contributed by atoms with Crippen molar-refractivity contribution in [1.82, 2.24) is 10.3 Å². The van der Waals surface area contributed by atoms with Crippen LogP contribution < -0.4 is 10.1 Å². The molecule has 1 N–H and O–H groups in total. The van der Waals surface area contributed by atoms with Crippen LogP contribution in [-0.2, 0) is 0 Å². The Morgan fingerprint density at radius 2 is 2.19 bits per heavy atom. The van der Waals surface area contributed by atoms with Crippen LogP contribution in [0.2, 0.25) is 0 Å². The summed E-state index contributed by atoms with van der Waals surface area (Å²) in [7, 11) is 0. The fourth-order valence-corrected chi connectivity index (χ4v) is 3.36. The highest BCUT2D eigenvalue weighted by atomic mass is 16.5. The summed E-state index contributed by atoms with van der Waals surface area (Å²) in [6, 6.07) is 4.18. The van der Waals surface area contributed by atoms with Crippen LogP contribution in [0.5, 0.6) is 5.75 Å². The highest BCUT2D eigenvalue weighted by molar-refractivity contribution is 6.03. The number of pyridine rings is 1. The first-order chi connectivity index (χ1) is 10.2. The molecule has 3 heterocycles. The molecular weight excluding hydrogens is 262 g/mol. The van der Waals surface area contributed by atoms with Crippen molar-refractivity contribution in [3.05, 3.63) is 30.1 Å². The molecule has 0 bridgehead atoms. The van der Waals surface area contributed by atoms with Gasteiger partial charge in [-0.25, -0.2) is 4.99 Å². The third-order valence-electron chi connectivity index (χ3n) is 4.56. The molecule has 1 spiro atoms. The molecule has 1 saturated heterocycles. The van der Waals surface area contributed by atoms with Crippen LogP contribution in [0.15, 0.2) is 29.5 Å². The van der Waals surface area contributed by atoms with E-state index in [9.17, 15) is 0 Å². The minimum absolute atomic E-state index is 0.411. The molecule has 21 heavy (non-hydrogen) atoms. The quantitative estimate of drug-likeness (QED) is 0.804. The van der Waals surface area contributed by atoms with Crippen LogP contribution in [0.25, 0.3) is 10.8 Å². The number of hydrogen-bond acceptors (Lipinski definition) is 4. The van der Waals surface area contributed by atoms with Crippen molar-refractivity contribution in [2.24, 2.45) is 4.99 Å². The molecule has 1 unspecified atom stereocenters. The van der Waals surface area contributed by atoms with Crippen LogP contribution in [0.1, 0.15) is 31.7 Å². The maximum absolute atomic E-state index is 6.44. The maximum Gasteiger partial charge on any atom is 0.200 e. The summed E-state index contributed by atoms with van der Waals surface area (Å²) in [5, 5.41) is 5.75. The number of nitrogens with one attached hydrogen (secondary N) is 1. The van der Waals surface area contributed by atoms with Gasteiger partial charge in [0.1, 0.15) is 5.69 Å². The monoisotopic (exact) mass is 281 g/mol. The van der Waals surface area contributed by atoms with E-state index in [-0.39, 0.29) is 0 Å². The lowest BCUT2D eigenvalue weighted by molar-refractivity contribution is 0.0699. The zero-order valence-electron chi connectivity index (χ0n) is 12.4. The lowest BCUT2D eigenvalue weighted by Gasteiger charge is -2.41. The molecule has 1 aromatic heterocycles. The molecule has 0 aliphatic carbocycles. The third-order valence-corrected chi connectivity index (χ3v) is 4.56. The van der Waals surface area contributed by atoms with E-state index in [4.69, 9.17) is 9.73 Å². The molecule has 0 amide bonds. The zero-order chi connectivity index (χ0) is 14.4. The van der Waals surface area contributed by atoms with Gasteiger partial charge < -0.3 is 4.74 Å². The van der Waals surface area contributed by atoms with Crippen molar-refractivity contribution in [3.63, 3.8) is 0 Å². The van der Waals surface area contributed by atoms with E-state index in [2.05, 4.69) is 30.2 Å². The van der Waals surface area contributed by atoms with Gasteiger partial charge in [0.25, 0.3) is 0 Å². The summed E-state index contributed by atoms with van der Waals surface area (Å²) in [4.78, 5) is 9.14. The van der Waals surface area contributed by atoms with Gasteiger partial charge in [-0.3, -0.25) is 10.3 Å². The van der Waals surface area contributed by atoms with E-state index in [1.54, 1.807) is 0 Å². The second-order valence-electron chi connectivity index (χ2n) is 5.98. The van der Waals surface area contributed by atoms with Crippen LogP contribution in [-0.4, -0.2) is 23.0 Å². The second kappa shape index (κ2) is 4.53. The van der Waals surface area contributed by atoms with Crippen LogP contribution in [0.3, 0.4) is 0 Å². The van der Waals surface area contributed by atoms with E-state index in [0.717, 1.165) is 46.5 Å². The van der Waals surface area contributed by atoms with Crippen molar-refractivity contribution < 1.29 is 4.74 Å². The molecule has 4 heteroatoms. The molecule has 1 atom stereocenters. The van der Waals surface area contributed by atoms with E-state index >= 15 is 0 Å². The summed E-state index contributed by atoms with van der Waals surface area (Å²) in [5.41, 5.74) is 2.66. The number of benzene rings is 1. The Hall–Kier alpha value is -1.94. The topological polar surface area (TPSA) is 46.5 Å². The maximum atomic E-state index is 6.44. The summed E-state index contributed by atoms with van der Waals surface area (Å²) >= 11 is 0. The van der Waals surface area contributed by atoms with Crippen LogP contribution in [0.4, 0.5) is 5.69 Å². The normalized spacial score (nSPS) is 24.6. The van der Waals surface area contributed by atoms with Crippen LogP contribution >= 0.6 is 0 Å². The standard InChI is InChI=1S/C17H19N3O/c1-11-9-13-5-8-18-10-14(13)15-16(11)21-17(12(2)20-15)6-3-4-7-19-17/h5,8-10,19H,3-4,6-7H2,1-2H3. The van der Waals surface area contributed by atoms with Gasteiger partial charge >= 0.3 is 0 Å². The lowest BCUT2D eigenvalue weighted by Crippen LogP contribution is -2.59. The Balaban J connectivity index is 1.94. The van der Waals surface area contributed by atoms with Crippen molar-refractivity contribution in [1.29, 1.82) is 0 Å². The summed E-state index contributed by atoms with van der Waals surface area (Å²) < 4.78 is 6.44. The first-order valence-electron chi connectivity index (χ1n) is 7.57. The minimum atomic E-state index is -0.411. The molecule has 2 aromatic rings. The van der Waals surface area contributed by atoms with Gasteiger partial charge in [-0.15, -0.1) is 0 Å². The molecule has 1 fully saturated rings. The number of ether oxygens (including phenoxy) is 1. The number of fused-ring (bicyclic) bond motifs is 3. The number of aliphatic imine (C=N–C) groups is 1. The second-order valence-corrected chi connectivity index (χ2v) is 5.98. The number of nitrogens with zero attached hydrogens (tertiary/aromatic N) is 2. The molecule has 108 valence electrons. The number of aromatic nitrogens is 1. The van der Waals surface area contributed by atoms with E-state index in [1.807, 2.05) is 18.5 Å². The van der Waals surface area contributed by atoms with E-state index in [1.165, 1.54) is 12.8 Å². The number of piperidine rings is 1. The smallest absolute Gasteiger partial charge is 0.200 e. The van der Waals surface area contributed by atoms with Gasteiger partial charge in [0.2, 0.25) is 0 Å². The molecule has 4 nitrogen and oxygen atoms in total. The van der Waals surface area contributed by atoms with Crippen molar-refractivity contribution in [2.45, 2.75) is 38.8 Å². The third kappa shape index (κ3) is 1.86. The largest absolute Gasteiger partial charge is 0.465 e. The summed E-state index contributed by atoms with van der Waals surface area (Å²) in [6.07, 6.45) is 7.04. The molecule has 0 radical (unpaired) electrons. The minimum Gasteiger partial charge on any atom is -0.465 e. The first-order valence-corrected chi connectivity index (χ1v) is 7.57. The van der Waals surface area contributed by atoms with Gasteiger partial charge in [-0.05, 0) is 56.3 Å². The van der Waals surface area contributed by atoms with Crippen LogP contribution in [0, 0.1) is 6.92 Å². The molecule has 0 saturated carbocycles. The van der Waals surface area contributed by atoms with Crippen molar-refractivity contribution >= 4 is 22.2 Å². The van der Waals surface area contributed by atoms with Gasteiger partial charge in [0.15, 0.2) is 11.5 Å². The first kappa shape index (κ1) is 12.8. The fraction of sp³-hybridized carbons (Fsp3) is 0.412. The molecule has 1 aromatic carbocycles.